The van der Waals surface area contributed by atoms with Crippen molar-refractivity contribution in [2.24, 2.45) is 0 Å². The first-order chi connectivity index (χ1) is 9.61. The molecule has 0 fully saturated rings. The summed E-state index contributed by atoms with van der Waals surface area (Å²) in [6.45, 7) is 5.00. The van der Waals surface area contributed by atoms with Crippen molar-refractivity contribution < 1.29 is 9.90 Å². The van der Waals surface area contributed by atoms with E-state index in [1.54, 1.807) is 30.0 Å². The third kappa shape index (κ3) is 3.18. The van der Waals surface area contributed by atoms with Crippen molar-refractivity contribution in [3.8, 4) is 5.75 Å². The molecular weight excluding hydrogens is 250 g/mol. The number of rotatable bonds is 4. The van der Waals surface area contributed by atoms with Crippen molar-refractivity contribution in [3.63, 3.8) is 0 Å². The van der Waals surface area contributed by atoms with Crippen molar-refractivity contribution in [1.29, 1.82) is 0 Å². The van der Waals surface area contributed by atoms with Crippen molar-refractivity contribution in [3.05, 3.63) is 65.2 Å². The van der Waals surface area contributed by atoms with Crippen LogP contribution in [0, 0.1) is 6.92 Å². The van der Waals surface area contributed by atoms with Crippen molar-refractivity contribution in [1.82, 2.24) is 4.90 Å². The molecule has 0 saturated heterocycles. The lowest BCUT2D eigenvalue weighted by Crippen LogP contribution is -2.30. The molecule has 2 rings (SSSR count). The number of phenolic OH excluding ortho intramolecular Hbond substituents is 1. The molecule has 0 heterocycles. The first-order valence-electron chi connectivity index (χ1n) is 6.74. The predicted octanol–water partition coefficient (Wildman–Crippen LogP) is 3.36. The Morgan fingerprint density at radius 3 is 2.45 bits per heavy atom. The highest BCUT2D eigenvalue weighted by molar-refractivity contribution is 5.94. The summed E-state index contributed by atoms with van der Waals surface area (Å²) in [5, 5.41) is 9.53. The van der Waals surface area contributed by atoms with Gasteiger partial charge in [0.1, 0.15) is 5.75 Å². The molecule has 0 atom stereocenters. The fraction of sp³-hybridized carbons (Fsp3) is 0.235. The number of carbonyl (C=O) groups excluding carboxylic acids is 1. The van der Waals surface area contributed by atoms with E-state index in [-0.39, 0.29) is 11.7 Å². The summed E-state index contributed by atoms with van der Waals surface area (Å²) in [6.07, 6.45) is 0. The topological polar surface area (TPSA) is 40.5 Å². The van der Waals surface area contributed by atoms with Gasteiger partial charge in [-0.25, -0.2) is 0 Å². The average Bonchev–Trinajstić information content (AvgIpc) is 2.48. The monoisotopic (exact) mass is 269 g/mol. The van der Waals surface area contributed by atoms with Crippen LogP contribution in [0.25, 0.3) is 0 Å². The van der Waals surface area contributed by atoms with Gasteiger partial charge in [-0.05, 0) is 43.2 Å². The Kier molecular flexibility index (Phi) is 4.41. The van der Waals surface area contributed by atoms with Gasteiger partial charge in [0.15, 0.2) is 0 Å². The summed E-state index contributed by atoms with van der Waals surface area (Å²) >= 11 is 0. The van der Waals surface area contributed by atoms with Crippen LogP contribution in [0.15, 0.2) is 48.5 Å². The second-order valence-corrected chi connectivity index (χ2v) is 4.81. The van der Waals surface area contributed by atoms with E-state index in [2.05, 4.69) is 0 Å². The molecule has 0 spiro atoms. The summed E-state index contributed by atoms with van der Waals surface area (Å²) in [6, 6.07) is 14.9. The minimum absolute atomic E-state index is 0.0144. The van der Waals surface area contributed by atoms with Gasteiger partial charge in [0.25, 0.3) is 5.91 Å². The molecule has 0 bridgehead atoms. The molecule has 20 heavy (non-hydrogen) atoms. The number of aromatic hydroxyl groups is 1. The normalized spacial score (nSPS) is 10.3. The van der Waals surface area contributed by atoms with E-state index in [1.807, 2.05) is 37.3 Å². The van der Waals surface area contributed by atoms with Crippen LogP contribution in [-0.2, 0) is 6.54 Å². The first-order valence-corrected chi connectivity index (χ1v) is 6.74. The van der Waals surface area contributed by atoms with Crippen LogP contribution >= 0.6 is 0 Å². The van der Waals surface area contributed by atoms with E-state index in [9.17, 15) is 9.90 Å². The van der Waals surface area contributed by atoms with E-state index in [4.69, 9.17) is 0 Å². The lowest BCUT2D eigenvalue weighted by Gasteiger charge is -2.21. The molecule has 3 nitrogen and oxygen atoms in total. The third-order valence-electron chi connectivity index (χ3n) is 3.33. The molecule has 104 valence electrons. The summed E-state index contributed by atoms with van der Waals surface area (Å²) in [4.78, 5) is 14.3. The smallest absolute Gasteiger partial charge is 0.254 e. The Bertz CT molecular complexity index is 593. The number of hydrogen-bond donors (Lipinski definition) is 1. The van der Waals surface area contributed by atoms with Gasteiger partial charge < -0.3 is 10.0 Å². The zero-order valence-corrected chi connectivity index (χ0v) is 11.8. The molecule has 0 aliphatic heterocycles. The fourth-order valence-corrected chi connectivity index (χ4v) is 2.10. The minimum atomic E-state index is -0.0144. The summed E-state index contributed by atoms with van der Waals surface area (Å²) in [7, 11) is 0. The Morgan fingerprint density at radius 1 is 1.15 bits per heavy atom. The Hall–Kier alpha value is -2.29. The van der Waals surface area contributed by atoms with Crippen molar-refractivity contribution in [2.75, 3.05) is 6.54 Å². The molecule has 2 aromatic rings. The van der Waals surface area contributed by atoms with E-state index in [0.29, 0.717) is 24.2 Å². The summed E-state index contributed by atoms with van der Waals surface area (Å²) in [5.74, 6) is 0.201. The molecular formula is C17H19NO2. The van der Waals surface area contributed by atoms with Gasteiger partial charge in [0, 0.05) is 18.7 Å². The molecule has 1 amide bonds. The fourth-order valence-electron chi connectivity index (χ4n) is 2.10. The zero-order valence-electron chi connectivity index (χ0n) is 11.8. The number of amides is 1. The van der Waals surface area contributed by atoms with Crippen LogP contribution in [0.1, 0.15) is 28.4 Å². The van der Waals surface area contributed by atoms with Crippen molar-refractivity contribution in [2.45, 2.75) is 20.4 Å². The third-order valence-corrected chi connectivity index (χ3v) is 3.33. The molecule has 1 N–H and O–H groups in total. The SMILES string of the molecule is CCN(Cc1ccccc1)C(=O)c1ccc(O)c(C)c1. The number of hydrogen-bond acceptors (Lipinski definition) is 2. The van der Waals surface area contributed by atoms with Gasteiger partial charge in [0.05, 0.1) is 0 Å². The molecule has 0 radical (unpaired) electrons. The molecule has 0 saturated carbocycles. The molecule has 3 heteroatoms. The van der Waals surface area contributed by atoms with Gasteiger partial charge >= 0.3 is 0 Å². The van der Waals surface area contributed by atoms with Crippen molar-refractivity contribution >= 4 is 5.91 Å². The highest BCUT2D eigenvalue weighted by atomic mass is 16.3. The van der Waals surface area contributed by atoms with E-state index in [1.165, 1.54) is 0 Å². The molecule has 0 aromatic heterocycles. The van der Waals surface area contributed by atoms with E-state index >= 15 is 0 Å². The van der Waals surface area contributed by atoms with Gasteiger partial charge in [-0.3, -0.25) is 4.79 Å². The quantitative estimate of drug-likeness (QED) is 0.924. The van der Waals surface area contributed by atoms with Crippen LogP contribution in [-0.4, -0.2) is 22.5 Å². The molecule has 0 aliphatic rings. The van der Waals surface area contributed by atoms with Crippen LogP contribution < -0.4 is 0 Å². The largest absolute Gasteiger partial charge is 0.508 e. The Morgan fingerprint density at radius 2 is 1.85 bits per heavy atom. The number of aryl methyl sites for hydroxylation is 1. The second-order valence-electron chi connectivity index (χ2n) is 4.81. The van der Waals surface area contributed by atoms with Crippen LogP contribution in [0.5, 0.6) is 5.75 Å². The lowest BCUT2D eigenvalue weighted by molar-refractivity contribution is 0.0752. The Labute approximate surface area is 119 Å². The van der Waals surface area contributed by atoms with Crippen LogP contribution in [0.2, 0.25) is 0 Å². The highest BCUT2D eigenvalue weighted by Crippen LogP contribution is 2.18. The van der Waals surface area contributed by atoms with Crippen LogP contribution in [0.4, 0.5) is 0 Å². The number of nitrogens with zero attached hydrogens (tertiary/aromatic N) is 1. The molecule has 2 aromatic carbocycles. The lowest BCUT2D eigenvalue weighted by atomic mass is 10.1. The maximum Gasteiger partial charge on any atom is 0.254 e. The average molecular weight is 269 g/mol. The standard InChI is InChI=1S/C17H19NO2/c1-3-18(12-14-7-5-4-6-8-14)17(20)15-9-10-16(19)13(2)11-15/h4-11,19H,3,12H2,1-2H3. The van der Waals surface area contributed by atoms with Gasteiger partial charge in [-0.2, -0.15) is 0 Å². The predicted molar refractivity (Wildman–Crippen MR) is 79.7 cm³/mol. The van der Waals surface area contributed by atoms with E-state index < -0.39 is 0 Å². The van der Waals surface area contributed by atoms with Gasteiger partial charge in [-0.1, -0.05) is 30.3 Å². The first kappa shape index (κ1) is 14.1. The Balaban J connectivity index is 2.18. The summed E-state index contributed by atoms with van der Waals surface area (Å²) < 4.78 is 0. The number of carbonyl (C=O) groups is 1. The van der Waals surface area contributed by atoms with Gasteiger partial charge in [0.2, 0.25) is 0 Å². The second kappa shape index (κ2) is 6.24. The molecule has 0 unspecified atom stereocenters. The number of phenols is 1. The maximum absolute atomic E-state index is 12.5. The van der Waals surface area contributed by atoms with Gasteiger partial charge in [-0.15, -0.1) is 0 Å². The minimum Gasteiger partial charge on any atom is -0.508 e. The maximum atomic E-state index is 12.5. The van der Waals surface area contributed by atoms with E-state index in [0.717, 1.165) is 5.56 Å². The van der Waals surface area contributed by atoms with Crippen LogP contribution in [0.3, 0.4) is 0 Å². The zero-order chi connectivity index (χ0) is 14.5. The molecule has 0 aliphatic carbocycles. The number of benzene rings is 2. The highest BCUT2D eigenvalue weighted by Gasteiger charge is 2.15. The summed E-state index contributed by atoms with van der Waals surface area (Å²) in [5.41, 5.74) is 2.43.